The lowest BCUT2D eigenvalue weighted by Gasteiger charge is -2.14. The van der Waals surface area contributed by atoms with E-state index in [0.29, 0.717) is 25.7 Å². The molecule has 0 saturated carbocycles. The van der Waals surface area contributed by atoms with E-state index < -0.39 is 0 Å². The third kappa shape index (κ3) is 5.06. The quantitative estimate of drug-likeness (QED) is 0.774. The van der Waals surface area contributed by atoms with Crippen molar-refractivity contribution in [2.45, 2.75) is 31.7 Å². The molecule has 0 bridgehead atoms. The van der Waals surface area contributed by atoms with Crippen LogP contribution in [-0.2, 0) is 16.1 Å². The van der Waals surface area contributed by atoms with Crippen molar-refractivity contribution in [3.63, 3.8) is 0 Å². The predicted molar refractivity (Wildman–Crippen MR) is 90.9 cm³/mol. The molecule has 1 saturated heterocycles. The van der Waals surface area contributed by atoms with Crippen molar-refractivity contribution in [2.75, 3.05) is 18.9 Å². The zero-order chi connectivity index (χ0) is 16.8. The fraction of sp³-hybridized carbons (Fsp3) is 0.412. The minimum Gasteiger partial charge on any atom is -0.475 e. The van der Waals surface area contributed by atoms with Gasteiger partial charge in [-0.05, 0) is 18.4 Å². The number of ether oxygens (including phenoxy) is 3. The van der Waals surface area contributed by atoms with Crippen LogP contribution in [0.2, 0.25) is 5.15 Å². The molecule has 2 N–H and O–H groups in total. The van der Waals surface area contributed by atoms with E-state index in [0.717, 1.165) is 18.4 Å². The molecule has 0 aliphatic carbocycles. The number of benzene rings is 1. The smallest absolute Gasteiger partial charge is 0.224 e. The van der Waals surface area contributed by atoms with Crippen molar-refractivity contribution in [1.82, 2.24) is 9.97 Å². The first-order chi connectivity index (χ1) is 11.7. The summed E-state index contributed by atoms with van der Waals surface area (Å²) >= 11 is 5.82. The molecule has 1 aliphatic heterocycles. The molecule has 2 heterocycles. The molecule has 1 fully saturated rings. The van der Waals surface area contributed by atoms with Gasteiger partial charge < -0.3 is 19.9 Å². The third-order valence-corrected chi connectivity index (χ3v) is 3.91. The van der Waals surface area contributed by atoms with Gasteiger partial charge in [0, 0.05) is 6.07 Å². The van der Waals surface area contributed by atoms with Gasteiger partial charge in [0.15, 0.2) is 0 Å². The van der Waals surface area contributed by atoms with E-state index in [4.69, 9.17) is 31.5 Å². The number of nitrogen functional groups attached to an aromatic ring is 1. The Morgan fingerprint density at radius 1 is 1.12 bits per heavy atom. The van der Waals surface area contributed by atoms with Gasteiger partial charge in [0.1, 0.15) is 11.8 Å². The molecule has 128 valence electrons. The van der Waals surface area contributed by atoms with Gasteiger partial charge in [-0.25, -0.2) is 4.98 Å². The Morgan fingerprint density at radius 3 is 2.62 bits per heavy atom. The molecule has 6 nitrogen and oxygen atoms in total. The molecule has 0 spiro atoms. The maximum atomic E-state index is 5.92. The molecule has 0 radical (unpaired) electrons. The third-order valence-electron chi connectivity index (χ3n) is 3.72. The lowest BCUT2D eigenvalue weighted by molar-refractivity contribution is -0.0322. The molecule has 1 aliphatic rings. The van der Waals surface area contributed by atoms with Crippen molar-refractivity contribution >= 4 is 17.5 Å². The summed E-state index contributed by atoms with van der Waals surface area (Å²) < 4.78 is 17.2. The van der Waals surface area contributed by atoms with Gasteiger partial charge in [-0.3, -0.25) is 0 Å². The van der Waals surface area contributed by atoms with Gasteiger partial charge in [-0.2, -0.15) is 4.98 Å². The van der Waals surface area contributed by atoms with Crippen LogP contribution in [0.4, 0.5) is 5.95 Å². The second kappa shape index (κ2) is 8.28. The molecule has 0 amide bonds. The highest BCUT2D eigenvalue weighted by molar-refractivity contribution is 6.29. The normalized spacial score (nSPS) is 20.2. The summed E-state index contributed by atoms with van der Waals surface area (Å²) in [6, 6.07) is 11.6. The Labute approximate surface area is 145 Å². The van der Waals surface area contributed by atoms with Gasteiger partial charge in [0.05, 0.1) is 25.4 Å². The Hall–Kier alpha value is -1.89. The van der Waals surface area contributed by atoms with Crippen molar-refractivity contribution in [3.8, 4) is 5.88 Å². The average Bonchev–Trinajstić information content (AvgIpc) is 3.01. The number of anilines is 1. The number of aromatic nitrogens is 2. The van der Waals surface area contributed by atoms with Gasteiger partial charge in [0.25, 0.3) is 0 Å². The maximum Gasteiger partial charge on any atom is 0.224 e. The minimum atomic E-state index is 0.0188. The van der Waals surface area contributed by atoms with Crippen LogP contribution in [0, 0.1) is 0 Å². The number of halogens is 1. The van der Waals surface area contributed by atoms with E-state index in [-0.39, 0.29) is 23.3 Å². The molecule has 2 aromatic rings. The standard InChI is InChI=1S/C17H20ClN3O3/c18-15-8-16(21-17(19)20-15)23-11-14-7-6-13(24-14)10-22-9-12-4-2-1-3-5-12/h1-5,8,13-14H,6-7,9-11H2,(H2,19,20,21)/t13-,14+/m0/s1. The first-order valence-electron chi connectivity index (χ1n) is 7.89. The van der Waals surface area contributed by atoms with Crippen LogP contribution in [0.1, 0.15) is 18.4 Å². The predicted octanol–water partition coefficient (Wildman–Crippen LogP) is 2.86. The maximum absolute atomic E-state index is 5.92. The van der Waals surface area contributed by atoms with E-state index in [9.17, 15) is 0 Å². The summed E-state index contributed by atoms with van der Waals surface area (Å²) in [5.74, 6) is 0.455. The van der Waals surface area contributed by atoms with Gasteiger partial charge in [0.2, 0.25) is 11.8 Å². The summed E-state index contributed by atoms with van der Waals surface area (Å²) in [4.78, 5) is 7.77. The number of hydrogen-bond acceptors (Lipinski definition) is 6. The van der Waals surface area contributed by atoms with Crippen LogP contribution < -0.4 is 10.5 Å². The highest BCUT2D eigenvalue weighted by atomic mass is 35.5. The van der Waals surface area contributed by atoms with Crippen molar-refractivity contribution < 1.29 is 14.2 Å². The number of nitrogens with zero attached hydrogens (tertiary/aromatic N) is 2. The molecule has 1 aromatic carbocycles. The van der Waals surface area contributed by atoms with E-state index in [2.05, 4.69) is 9.97 Å². The van der Waals surface area contributed by atoms with E-state index >= 15 is 0 Å². The van der Waals surface area contributed by atoms with Gasteiger partial charge >= 0.3 is 0 Å². The molecule has 0 unspecified atom stereocenters. The largest absolute Gasteiger partial charge is 0.475 e. The lowest BCUT2D eigenvalue weighted by Crippen LogP contribution is -2.21. The highest BCUT2D eigenvalue weighted by Gasteiger charge is 2.26. The first kappa shape index (κ1) is 17.0. The average molecular weight is 350 g/mol. The van der Waals surface area contributed by atoms with Crippen molar-refractivity contribution in [3.05, 3.63) is 47.1 Å². The van der Waals surface area contributed by atoms with Crippen LogP contribution in [0.5, 0.6) is 5.88 Å². The number of nitrogens with two attached hydrogens (primary N) is 1. The molecule has 1 aromatic heterocycles. The molecule has 7 heteroatoms. The number of hydrogen-bond donors (Lipinski definition) is 1. The van der Waals surface area contributed by atoms with Gasteiger partial charge in [-0.1, -0.05) is 41.9 Å². The van der Waals surface area contributed by atoms with Crippen molar-refractivity contribution in [2.24, 2.45) is 0 Å². The molecule has 2 atom stereocenters. The fourth-order valence-corrected chi connectivity index (χ4v) is 2.75. The number of rotatable bonds is 7. The Morgan fingerprint density at radius 2 is 1.88 bits per heavy atom. The SMILES string of the molecule is Nc1nc(Cl)cc(OC[C@H]2CC[C@@H](COCc3ccccc3)O2)n1. The summed E-state index contributed by atoms with van der Waals surface area (Å²) in [5.41, 5.74) is 6.69. The van der Waals surface area contributed by atoms with Crippen LogP contribution in [0.3, 0.4) is 0 Å². The molecular weight excluding hydrogens is 330 g/mol. The fourth-order valence-electron chi connectivity index (χ4n) is 2.57. The highest BCUT2D eigenvalue weighted by Crippen LogP contribution is 2.22. The van der Waals surface area contributed by atoms with E-state index in [1.165, 1.54) is 6.07 Å². The van der Waals surface area contributed by atoms with Crippen molar-refractivity contribution in [1.29, 1.82) is 0 Å². The molecule has 3 rings (SSSR count). The van der Waals surface area contributed by atoms with Crippen LogP contribution >= 0.6 is 11.6 Å². The monoisotopic (exact) mass is 349 g/mol. The summed E-state index contributed by atoms with van der Waals surface area (Å²) in [7, 11) is 0. The minimum absolute atomic E-state index is 0.0188. The topological polar surface area (TPSA) is 79.5 Å². The van der Waals surface area contributed by atoms with Crippen LogP contribution in [0.25, 0.3) is 0 Å². The van der Waals surface area contributed by atoms with Crippen LogP contribution in [-0.4, -0.2) is 35.4 Å². The zero-order valence-electron chi connectivity index (χ0n) is 13.2. The summed E-state index contributed by atoms with van der Waals surface area (Å²) in [5, 5.41) is 0.261. The van der Waals surface area contributed by atoms with Crippen LogP contribution in [0.15, 0.2) is 36.4 Å². The molecular formula is C17H20ClN3O3. The summed E-state index contributed by atoms with van der Waals surface area (Å²) in [6.07, 6.45) is 2.00. The summed E-state index contributed by atoms with van der Waals surface area (Å²) in [6.45, 7) is 1.58. The van der Waals surface area contributed by atoms with E-state index in [1.807, 2.05) is 30.3 Å². The lowest BCUT2D eigenvalue weighted by atomic mass is 10.2. The van der Waals surface area contributed by atoms with Gasteiger partial charge in [-0.15, -0.1) is 0 Å². The second-order valence-corrected chi connectivity index (χ2v) is 6.04. The van der Waals surface area contributed by atoms with E-state index in [1.54, 1.807) is 0 Å². The Bertz CT molecular complexity index is 637. The second-order valence-electron chi connectivity index (χ2n) is 5.66. The first-order valence-corrected chi connectivity index (χ1v) is 8.27. The Balaban J connectivity index is 1.37. The molecule has 24 heavy (non-hydrogen) atoms. The zero-order valence-corrected chi connectivity index (χ0v) is 14.0. The Kier molecular flexibility index (Phi) is 5.85.